The highest BCUT2D eigenvalue weighted by molar-refractivity contribution is 8.01. The van der Waals surface area contributed by atoms with Crippen molar-refractivity contribution in [1.29, 1.82) is 0 Å². The standard InChI is InChI=1S/C13H16FN3OS/c1-13(2)12(15)17-11(6-19-13)9-5-8(16-7-18)3-4-10(9)14/h3-5,7,11H,6H2,1-2H3,(H2,15,17)(H,16,18). The minimum Gasteiger partial charge on any atom is -0.386 e. The van der Waals surface area contributed by atoms with Crippen molar-refractivity contribution in [2.75, 3.05) is 11.1 Å². The number of halogens is 1. The van der Waals surface area contributed by atoms with Crippen LogP contribution in [0.3, 0.4) is 0 Å². The van der Waals surface area contributed by atoms with Crippen LogP contribution in [0.25, 0.3) is 0 Å². The van der Waals surface area contributed by atoms with Gasteiger partial charge in [0, 0.05) is 17.0 Å². The molecule has 3 N–H and O–H groups in total. The Bertz CT molecular complexity index is 531. The summed E-state index contributed by atoms with van der Waals surface area (Å²) in [6.45, 7) is 3.99. The SMILES string of the molecule is CC1(C)SCC(c2cc(NC=O)ccc2F)N=C1N. The van der Waals surface area contributed by atoms with Gasteiger partial charge in [0.2, 0.25) is 6.41 Å². The van der Waals surface area contributed by atoms with Crippen LogP contribution in [-0.4, -0.2) is 22.7 Å². The average Bonchev–Trinajstić information content (AvgIpc) is 2.36. The van der Waals surface area contributed by atoms with Crippen molar-refractivity contribution in [1.82, 2.24) is 0 Å². The Balaban J connectivity index is 2.34. The number of amidine groups is 1. The highest BCUT2D eigenvalue weighted by Crippen LogP contribution is 2.37. The fraction of sp³-hybridized carbons (Fsp3) is 0.385. The molecule has 0 fully saturated rings. The monoisotopic (exact) mass is 281 g/mol. The second-order valence-corrected chi connectivity index (χ2v) is 6.49. The summed E-state index contributed by atoms with van der Waals surface area (Å²) in [6.07, 6.45) is 0.563. The normalized spacial score (nSPS) is 21.6. The molecule has 102 valence electrons. The van der Waals surface area contributed by atoms with E-state index in [9.17, 15) is 9.18 Å². The molecule has 4 nitrogen and oxygen atoms in total. The molecule has 1 heterocycles. The van der Waals surface area contributed by atoms with Gasteiger partial charge < -0.3 is 11.1 Å². The Hall–Kier alpha value is -1.56. The van der Waals surface area contributed by atoms with Gasteiger partial charge in [-0.25, -0.2) is 4.39 Å². The third-order valence-electron chi connectivity index (χ3n) is 3.09. The predicted molar refractivity (Wildman–Crippen MR) is 77.0 cm³/mol. The van der Waals surface area contributed by atoms with Crippen LogP contribution in [0.1, 0.15) is 25.5 Å². The molecule has 6 heteroatoms. The smallest absolute Gasteiger partial charge is 0.211 e. The second-order valence-electron chi connectivity index (χ2n) is 4.85. The molecule has 0 bridgehead atoms. The van der Waals surface area contributed by atoms with Gasteiger partial charge in [-0.15, -0.1) is 11.8 Å². The minimum absolute atomic E-state index is 0.217. The molecule has 1 atom stereocenters. The zero-order valence-corrected chi connectivity index (χ0v) is 11.6. The van der Waals surface area contributed by atoms with Gasteiger partial charge in [0.1, 0.15) is 11.7 Å². The Kier molecular flexibility index (Phi) is 3.80. The molecule has 0 aliphatic carbocycles. The topological polar surface area (TPSA) is 67.5 Å². The third kappa shape index (κ3) is 2.89. The van der Waals surface area contributed by atoms with Gasteiger partial charge in [0.25, 0.3) is 0 Å². The molecule has 1 aliphatic heterocycles. The van der Waals surface area contributed by atoms with Crippen molar-refractivity contribution in [2.45, 2.75) is 24.6 Å². The van der Waals surface area contributed by atoms with Crippen LogP contribution in [0, 0.1) is 5.82 Å². The number of amides is 1. The minimum atomic E-state index is -0.335. The summed E-state index contributed by atoms with van der Waals surface area (Å²) in [6, 6.07) is 4.13. The van der Waals surface area contributed by atoms with E-state index in [1.54, 1.807) is 17.8 Å². The number of aliphatic imine (C=N–C) groups is 1. The van der Waals surface area contributed by atoms with Gasteiger partial charge >= 0.3 is 0 Å². The summed E-state index contributed by atoms with van der Waals surface area (Å²) in [5, 5.41) is 2.51. The average molecular weight is 281 g/mol. The zero-order chi connectivity index (χ0) is 14.0. The lowest BCUT2D eigenvalue weighted by atomic mass is 10.1. The maximum Gasteiger partial charge on any atom is 0.211 e. The van der Waals surface area contributed by atoms with Gasteiger partial charge in [-0.1, -0.05) is 0 Å². The summed E-state index contributed by atoms with van der Waals surface area (Å²) >= 11 is 1.65. The van der Waals surface area contributed by atoms with Gasteiger partial charge in [-0.2, -0.15) is 0 Å². The van der Waals surface area contributed by atoms with E-state index < -0.39 is 0 Å². The fourth-order valence-electron chi connectivity index (χ4n) is 1.84. The number of thioether (sulfide) groups is 1. The molecule has 1 aromatic rings. The van der Waals surface area contributed by atoms with Crippen molar-refractivity contribution in [3.8, 4) is 0 Å². The first-order chi connectivity index (χ1) is 8.94. The predicted octanol–water partition coefficient (Wildman–Crippen LogP) is 2.32. The molecule has 2 rings (SSSR count). The molecule has 1 aromatic carbocycles. The lowest BCUT2D eigenvalue weighted by Gasteiger charge is -2.31. The number of carbonyl (C=O) groups excluding carboxylic acids is 1. The third-order valence-corrected chi connectivity index (χ3v) is 4.51. The van der Waals surface area contributed by atoms with Gasteiger partial charge in [0.15, 0.2) is 0 Å². The number of carbonyl (C=O) groups is 1. The van der Waals surface area contributed by atoms with Crippen molar-refractivity contribution >= 4 is 29.7 Å². The van der Waals surface area contributed by atoms with Gasteiger partial charge in [-0.3, -0.25) is 9.79 Å². The summed E-state index contributed by atoms with van der Waals surface area (Å²) < 4.78 is 13.7. The number of hydrogen-bond acceptors (Lipinski definition) is 4. The molecule has 0 radical (unpaired) electrons. The molecular formula is C13H16FN3OS. The highest BCUT2D eigenvalue weighted by atomic mass is 32.2. The van der Waals surface area contributed by atoms with Crippen LogP contribution in [0.15, 0.2) is 23.2 Å². The Morgan fingerprint density at radius 3 is 2.95 bits per heavy atom. The first-order valence-corrected chi connectivity index (χ1v) is 6.90. The van der Waals surface area contributed by atoms with E-state index in [-0.39, 0.29) is 16.6 Å². The first-order valence-electron chi connectivity index (χ1n) is 5.91. The number of anilines is 1. The van der Waals surface area contributed by atoms with Gasteiger partial charge in [0.05, 0.1) is 10.8 Å². The lowest BCUT2D eigenvalue weighted by molar-refractivity contribution is -0.105. The molecule has 0 aromatic heterocycles. The zero-order valence-electron chi connectivity index (χ0n) is 10.8. The van der Waals surface area contributed by atoms with Crippen LogP contribution in [0.5, 0.6) is 0 Å². The van der Waals surface area contributed by atoms with Crippen LogP contribution in [0.2, 0.25) is 0 Å². The van der Waals surface area contributed by atoms with Crippen molar-refractivity contribution < 1.29 is 9.18 Å². The first kappa shape index (κ1) is 13.9. The van der Waals surface area contributed by atoms with Gasteiger partial charge in [-0.05, 0) is 32.0 Å². The Morgan fingerprint density at radius 1 is 1.58 bits per heavy atom. The number of nitrogens with one attached hydrogen (secondary N) is 1. The van der Waals surface area contributed by atoms with E-state index in [4.69, 9.17) is 5.73 Å². The fourth-order valence-corrected chi connectivity index (χ4v) is 2.87. The van der Waals surface area contributed by atoms with E-state index in [2.05, 4.69) is 10.3 Å². The van der Waals surface area contributed by atoms with Crippen molar-refractivity contribution in [3.63, 3.8) is 0 Å². The summed E-state index contributed by atoms with van der Waals surface area (Å²) in [4.78, 5) is 14.8. The maximum absolute atomic E-state index is 13.9. The second kappa shape index (κ2) is 5.21. The molecule has 0 saturated heterocycles. The Morgan fingerprint density at radius 2 is 2.32 bits per heavy atom. The van der Waals surface area contributed by atoms with E-state index >= 15 is 0 Å². The number of nitrogens with zero attached hydrogens (tertiary/aromatic N) is 1. The molecule has 0 saturated carbocycles. The number of benzene rings is 1. The van der Waals surface area contributed by atoms with E-state index in [1.807, 2.05) is 13.8 Å². The van der Waals surface area contributed by atoms with E-state index in [0.29, 0.717) is 29.2 Å². The van der Waals surface area contributed by atoms with E-state index in [0.717, 1.165) is 0 Å². The number of rotatable bonds is 3. The quantitative estimate of drug-likeness (QED) is 0.835. The lowest BCUT2D eigenvalue weighted by Crippen LogP contribution is -2.39. The summed E-state index contributed by atoms with van der Waals surface area (Å²) in [7, 11) is 0. The number of nitrogens with two attached hydrogens (primary N) is 1. The van der Waals surface area contributed by atoms with E-state index in [1.165, 1.54) is 12.1 Å². The number of hydrogen-bond donors (Lipinski definition) is 2. The highest BCUT2D eigenvalue weighted by Gasteiger charge is 2.31. The largest absolute Gasteiger partial charge is 0.386 e. The van der Waals surface area contributed by atoms with Crippen LogP contribution in [0.4, 0.5) is 10.1 Å². The summed E-state index contributed by atoms with van der Waals surface area (Å²) in [5.41, 5.74) is 6.93. The maximum atomic E-state index is 13.9. The van der Waals surface area contributed by atoms with Crippen molar-refractivity contribution in [3.05, 3.63) is 29.6 Å². The molecule has 1 unspecified atom stereocenters. The van der Waals surface area contributed by atoms with Crippen LogP contribution < -0.4 is 11.1 Å². The molecule has 1 aliphatic rings. The van der Waals surface area contributed by atoms with Crippen LogP contribution in [-0.2, 0) is 4.79 Å². The van der Waals surface area contributed by atoms with Crippen LogP contribution >= 0.6 is 11.8 Å². The molecule has 0 spiro atoms. The van der Waals surface area contributed by atoms with Crippen molar-refractivity contribution in [2.24, 2.45) is 10.7 Å². The molecular weight excluding hydrogens is 265 g/mol. The molecule has 1 amide bonds. The Labute approximate surface area is 115 Å². The molecule has 19 heavy (non-hydrogen) atoms. The summed E-state index contributed by atoms with van der Waals surface area (Å²) in [5.74, 6) is 0.843.